The number of hydrogen-bond acceptors (Lipinski definition) is 4. The number of aliphatic hydroxyl groups is 1. The zero-order chi connectivity index (χ0) is 12.0. The van der Waals surface area contributed by atoms with Gasteiger partial charge in [0.15, 0.2) is 0 Å². The Hall–Kier alpha value is -1.74. The van der Waals surface area contributed by atoms with Crippen LogP contribution >= 0.6 is 0 Å². The lowest BCUT2D eigenvalue weighted by atomic mass is 10.2. The summed E-state index contributed by atoms with van der Waals surface area (Å²) in [5.41, 5.74) is 0.219. The summed E-state index contributed by atoms with van der Waals surface area (Å²) < 4.78 is 24.6. The quantitative estimate of drug-likeness (QED) is 0.815. The Kier molecular flexibility index (Phi) is 4.61. The maximum Gasteiger partial charge on any atom is 0.255 e. The van der Waals surface area contributed by atoms with Crippen molar-refractivity contribution in [1.82, 2.24) is 4.98 Å². The average molecular weight is 227 g/mol. The lowest BCUT2D eigenvalue weighted by Gasteiger charge is -2.22. The minimum Gasteiger partial charge on any atom is -0.395 e. The fraction of sp³-hybridized carbons (Fsp3) is 0.400. The van der Waals surface area contributed by atoms with Gasteiger partial charge >= 0.3 is 0 Å². The summed E-state index contributed by atoms with van der Waals surface area (Å²) in [6, 6.07) is 4.93. The zero-order valence-electron chi connectivity index (χ0n) is 8.48. The van der Waals surface area contributed by atoms with Crippen LogP contribution in [-0.2, 0) is 0 Å². The number of nitrogens with zero attached hydrogens (tertiary/aromatic N) is 3. The van der Waals surface area contributed by atoms with Crippen LogP contribution in [0.15, 0.2) is 18.3 Å². The van der Waals surface area contributed by atoms with Gasteiger partial charge in [-0.2, -0.15) is 5.26 Å². The molecule has 1 aromatic rings. The smallest absolute Gasteiger partial charge is 0.255 e. The summed E-state index contributed by atoms with van der Waals surface area (Å²) in [5.74, 6) is 0.180. The van der Waals surface area contributed by atoms with Crippen LogP contribution < -0.4 is 4.90 Å². The van der Waals surface area contributed by atoms with E-state index in [0.717, 1.165) is 0 Å². The molecule has 0 spiro atoms. The number of halogens is 2. The number of hydrogen-bond donors (Lipinski definition) is 1. The molecule has 0 saturated heterocycles. The minimum atomic E-state index is -2.54. The molecule has 0 aliphatic carbocycles. The molecule has 0 radical (unpaired) electrons. The van der Waals surface area contributed by atoms with Crippen LogP contribution in [0.1, 0.15) is 5.56 Å². The number of alkyl halides is 2. The van der Waals surface area contributed by atoms with Gasteiger partial charge in [0.1, 0.15) is 11.9 Å². The monoisotopic (exact) mass is 227 g/mol. The first kappa shape index (κ1) is 12.3. The molecule has 6 heteroatoms. The number of rotatable bonds is 5. The fourth-order valence-corrected chi connectivity index (χ4v) is 1.31. The van der Waals surface area contributed by atoms with Crippen LogP contribution in [-0.4, -0.2) is 36.2 Å². The Morgan fingerprint density at radius 2 is 2.31 bits per heavy atom. The lowest BCUT2D eigenvalue weighted by molar-refractivity contribution is 0.152. The molecule has 0 atom stereocenters. The van der Waals surface area contributed by atoms with E-state index in [0.29, 0.717) is 0 Å². The third-order valence-corrected chi connectivity index (χ3v) is 1.93. The van der Waals surface area contributed by atoms with E-state index in [1.54, 1.807) is 6.07 Å². The van der Waals surface area contributed by atoms with E-state index in [1.807, 2.05) is 6.07 Å². The SMILES string of the molecule is N#Cc1cccnc1N(CCO)CC(F)F. The fourth-order valence-electron chi connectivity index (χ4n) is 1.31. The first-order valence-electron chi connectivity index (χ1n) is 4.68. The number of pyridine rings is 1. The van der Waals surface area contributed by atoms with Gasteiger partial charge in [0, 0.05) is 12.7 Å². The van der Waals surface area contributed by atoms with Gasteiger partial charge in [-0.3, -0.25) is 0 Å². The van der Waals surface area contributed by atoms with Crippen molar-refractivity contribution in [2.24, 2.45) is 0 Å². The minimum absolute atomic E-state index is 0.0238. The van der Waals surface area contributed by atoms with Gasteiger partial charge in [0.2, 0.25) is 0 Å². The number of aliphatic hydroxyl groups excluding tert-OH is 1. The Balaban J connectivity index is 2.96. The third kappa shape index (κ3) is 3.14. The predicted molar refractivity (Wildman–Crippen MR) is 54.3 cm³/mol. The van der Waals surface area contributed by atoms with Crippen LogP contribution in [0.4, 0.5) is 14.6 Å². The van der Waals surface area contributed by atoms with Crippen molar-refractivity contribution in [2.75, 3.05) is 24.6 Å². The molecule has 0 fully saturated rings. The number of nitriles is 1. The van der Waals surface area contributed by atoms with E-state index in [2.05, 4.69) is 4.98 Å². The summed E-state index contributed by atoms with van der Waals surface area (Å²) in [5, 5.41) is 17.6. The largest absolute Gasteiger partial charge is 0.395 e. The van der Waals surface area contributed by atoms with Gasteiger partial charge < -0.3 is 10.0 Å². The highest BCUT2D eigenvalue weighted by atomic mass is 19.3. The Bertz CT molecular complexity index is 379. The molecule has 0 aliphatic heterocycles. The van der Waals surface area contributed by atoms with Gasteiger partial charge in [0.05, 0.1) is 18.7 Å². The van der Waals surface area contributed by atoms with Crippen LogP contribution in [0.25, 0.3) is 0 Å². The molecule has 0 unspecified atom stereocenters. The maximum atomic E-state index is 12.3. The van der Waals surface area contributed by atoms with E-state index >= 15 is 0 Å². The average Bonchev–Trinajstić information content (AvgIpc) is 2.28. The molecular formula is C10H11F2N3O. The van der Waals surface area contributed by atoms with Gasteiger partial charge in [0.25, 0.3) is 6.43 Å². The van der Waals surface area contributed by atoms with Gasteiger partial charge in [-0.25, -0.2) is 13.8 Å². The number of anilines is 1. The molecule has 0 amide bonds. The highest BCUT2D eigenvalue weighted by Crippen LogP contribution is 2.16. The van der Waals surface area contributed by atoms with E-state index < -0.39 is 13.0 Å². The third-order valence-electron chi connectivity index (χ3n) is 1.93. The molecule has 16 heavy (non-hydrogen) atoms. The second kappa shape index (κ2) is 5.98. The van der Waals surface area contributed by atoms with Crippen molar-refractivity contribution in [3.05, 3.63) is 23.9 Å². The van der Waals surface area contributed by atoms with Crippen LogP contribution in [0.5, 0.6) is 0 Å². The molecule has 86 valence electrons. The number of aromatic nitrogens is 1. The van der Waals surface area contributed by atoms with E-state index in [9.17, 15) is 8.78 Å². The molecule has 1 heterocycles. The van der Waals surface area contributed by atoms with Crippen molar-refractivity contribution >= 4 is 5.82 Å². The van der Waals surface area contributed by atoms with E-state index in [-0.39, 0.29) is 24.5 Å². The van der Waals surface area contributed by atoms with E-state index in [4.69, 9.17) is 10.4 Å². The Morgan fingerprint density at radius 3 is 2.88 bits per heavy atom. The normalized spacial score (nSPS) is 10.2. The second-order valence-electron chi connectivity index (χ2n) is 3.05. The van der Waals surface area contributed by atoms with Crippen molar-refractivity contribution in [3.8, 4) is 6.07 Å². The van der Waals surface area contributed by atoms with Crippen molar-refractivity contribution in [3.63, 3.8) is 0 Å². The van der Waals surface area contributed by atoms with Crippen LogP contribution in [0.3, 0.4) is 0 Å². The molecule has 4 nitrogen and oxygen atoms in total. The van der Waals surface area contributed by atoms with E-state index in [1.165, 1.54) is 17.2 Å². The highest BCUT2D eigenvalue weighted by Gasteiger charge is 2.16. The van der Waals surface area contributed by atoms with Crippen molar-refractivity contribution in [1.29, 1.82) is 5.26 Å². The highest BCUT2D eigenvalue weighted by molar-refractivity contribution is 5.53. The molecule has 1 N–H and O–H groups in total. The summed E-state index contributed by atoms with van der Waals surface area (Å²) in [6.45, 7) is -0.795. The molecular weight excluding hydrogens is 216 g/mol. The van der Waals surface area contributed by atoms with Gasteiger partial charge in [-0.1, -0.05) is 0 Å². The van der Waals surface area contributed by atoms with Crippen LogP contribution in [0, 0.1) is 11.3 Å². The first-order valence-corrected chi connectivity index (χ1v) is 4.68. The maximum absolute atomic E-state index is 12.3. The Morgan fingerprint density at radius 1 is 1.56 bits per heavy atom. The Labute approximate surface area is 91.8 Å². The summed E-state index contributed by atoms with van der Waals surface area (Å²) >= 11 is 0. The summed E-state index contributed by atoms with van der Waals surface area (Å²) in [7, 11) is 0. The second-order valence-corrected chi connectivity index (χ2v) is 3.05. The molecule has 0 aromatic carbocycles. The van der Waals surface area contributed by atoms with Gasteiger partial charge in [-0.05, 0) is 12.1 Å². The van der Waals surface area contributed by atoms with Crippen molar-refractivity contribution in [2.45, 2.75) is 6.43 Å². The molecule has 0 aliphatic rings. The molecule has 1 rings (SSSR count). The topological polar surface area (TPSA) is 60.2 Å². The predicted octanol–water partition coefficient (Wildman–Crippen LogP) is 1.02. The zero-order valence-corrected chi connectivity index (χ0v) is 8.48. The standard InChI is InChI=1S/C10H11F2N3O/c11-9(12)7-15(4-5-16)10-8(6-13)2-1-3-14-10/h1-3,9,16H,4-5,7H2. The summed E-state index contributed by atoms with van der Waals surface area (Å²) in [6.07, 6.45) is -1.12. The molecule has 0 saturated carbocycles. The first-order chi connectivity index (χ1) is 7.69. The molecule has 1 aromatic heterocycles. The van der Waals surface area contributed by atoms with Crippen LogP contribution in [0.2, 0.25) is 0 Å². The summed E-state index contributed by atoms with van der Waals surface area (Å²) in [4.78, 5) is 5.08. The van der Waals surface area contributed by atoms with Gasteiger partial charge in [-0.15, -0.1) is 0 Å². The van der Waals surface area contributed by atoms with Crippen molar-refractivity contribution < 1.29 is 13.9 Å². The lowest BCUT2D eigenvalue weighted by Crippen LogP contribution is -2.32. The molecule has 0 bridgehead atoms.